The van der Waals surface area contributed by atoms with Gasteiger partial charge in [-0.25, -0.2) is 4.57 Å². The zero-order valence-corrected chi connectivity index (χ0v) is 37.3. The third kappa shape index (κ3) is 41.6. The van der Waals surface area contributed by atoms with Gasteiger partial charge in [0, 0.05) is 19.4 Å². The highest BCUT2D eigenvalue weighted by atomic mass is 31.2. The summed E-state index contributed by atoms with van der Waals surface area (Å²) >= 11 is 0. The van der Waals surface area contributed by atoms with Gasteiger partial charge in [-0.2, -0.15) is 0 Å². The van der Waals surface area contributed by atoms with Gasteiger partial charge in [-0.1, -0.05) is 189 Å². The van der Waals surface area contributed by atoms with Gasteiger partial charge in [0.25, 0.3) is 0 Å². The van der Waals surface area contributed by atoms with Crippen LogP contribution in [0.5, 0.6) is 0 Å². The quantitative estimate of drug-likeness (QED) is 0.0178. The molecule has 0 amide bonds. The predicted octanol–water partition coefficient (Wildman–Crippen LogP) is 12.0. The molecule has 0 fully saturated rings. The Morgan fingerprint density at radius 2 is 1.09 bits per heavy atom. The highest BCUT2D eigenvalue weighted by Gasteiger charge is 2.26. The summed E-state index contributed by atoms with van der Waals surface area (Å²) in [5.74, 6) is -1.11. The molecule has 0 saturated carbocycles. The first-order chi connectivity index (χ1) is 28.2. The number of phosphoric acid groups is 1. The zero-order chi connectivity index (χ0) is 42.6. The lowest BCUT2D eigenvalue weighted by Crippen LogP contribution is -2.29. The second kappa shape index (κ2) is 42.5. The normalized spacial score (nSPS) is 14.5. The average Bonchev–Trinajstić information content (AvgIpc) is 3.21. The second-order valence-electron chi connectivity index (χ2n) is 14.7. The molecular formula is C47H82NO9P. The van der Waals surface area contributed by atoms with E-state index in [0.29, 0.717) is 6.42 Å². The molecule has 58 heavy (non-hydrogen) atoms. The minimum atomic E-state index is -4.44. The van der Waals surface area contributed by atoms with Crippen LogP contribution in [0, 0.1) is 0 Å². The molecule has 2 unspecified atom stereocenters. The maximum absolute atomic E-state index is 12.6. The summed E-state index contributed by atoms with van der Waals surface area (Å²) in [7, 11) is -4.44. The Bertz CT molecular complexity index is 1200. The first-order valence-electron chi connectivity index (χ1n) is 22.5. The summed E-state index contributed by atoms with van der Waals surface area (Å²) in [5, 5.41) is 10.3. The maximum atomic E-state index is 12.6. The molecule has 0 saturated heterocycles. The fourth-order valence-corrected chi connectivity index (χ4v) is 6.63. The number of rotatable bonds is 41. The summed E-state index contributed by atoms with van der Waals surface area (Å²) in [6, 6.07) is 0. The number of aliphatic hydroxyl groups is 1. The van der Waals surface area contributed by atoms with Gasteiger partial charge in [0.05, 0.1) is 19.3 Å². The number of carbonyl (C=O) groups excluding carboxylic acids is 2. The van der Waals surface area contributed by atoms with Gasteiger partial charge in [0.2, 0.25) is 0 Å². The second-order valence-corrected chi connectivity index (χ2v) is 16.2. The lowest BCUT2D eigenvalue weighted by molar-refractivity contribution is -0.161. The maximum Gasteiger partial charge on any atom is 0.472 e. The van der Waals surface area contributed by atoms with E-state index in [2.05, 4.69) is 62.5 Å². The molecule has 334 valence electrons. The van der Waals surface area contributed by atoms with Crippen LogP contribution in [0.3, 0.4) is 0 Å². The lowest BCUT2D eigenvalue weighted by atomic mass is 10.0. The molecule has 0 aliphatic carbocycles. The van der Waals surface area contributed by atoms with E-state index in [0.717, 1.165) is 51.4 Å². The van der Waals surface area contributed by atoms with E-state index in [-0.39, 0.29) is 39.0 Å². The van der Waals surface area contributed by atoms with Crippen LogP contribution in [0.2, 0.25) is 0 Å². The molecule has 3 atom stereocenters. The van der Waals surface area contributed by atoms with Crippen molar-refractivity contribution in [2.75, 3.05) is 26.4 Å². The molecule has 0 heterocycles. The molecule has 0 spiro atoms. The molecule has 4 N–H and O–H groups in total. The fraction of sp³-hybridized carbons (Fsp3) is 0.702. The smallest absolute Gasteiger partial charge is 0.462 e. The summed E-state index contributed by atoms with van der Waals surface area (Å²) in [6.45, 7) is 3.35. The number of hydrogen-bond acceptors (Lipinski definition) is 9. The van der Waals surface area contributed by atoms with Crippen LogP contribution >= 0.6 is 7.82 Å². The van der Waals surface area contributed by atoms with Crippen molar-refractivity contribution in [3.05, 3.63) is 72.9 Å². The summed E-state index contributed by atoms with van der Waals surface area (Å²) in [4.78, 5) is 34.9. The molecule has 10 nitrogen and oxygen atoms in total. The Balaban J connectivity index is 4.35. The van der Waals surface area contributed by atoms with Crippen molar-refractivity contribution in [1.82, 2.24) is 0 Å². The molecule has 0 aromatic rings. The van der Waals surface area contributed by atoms with Crippen LogP contribution in [0.15, 0.2) is 72.9 Å². The standard InChI is InChI=1S/C47H82NO9P/c1-3-5-7-9-11-13-15-17-19-21-23-25-27-29-31-33-35-37-47(51)57-45(43-56-58(52,53)55-41-40-48)42-54-46(50)39-38-44(49)36-34-32-30-28-26-24-22-20-18-16-14-12-10-8-6-4-2/h6,8,12,14,18,20,24,26,30,32,34,36,44-45,49H,3-5,7,9-11,13,15-17,19,21-23,25,27-29,31,33,35,37-43,48H2,1-2H3,(H,52,53)/b8-6-,14-12-,20-18-,26-24-,32-30-,36-34-/t44?,45-/m1/s1. The van der Waals surface area contributed by atoms with Gasteiger partial charge >= 0.3 is 19.8 Å². The van der Waals surface area contributed by atoms with Gasteiger partial charge < -0.3 is 25.2 Å². The summed E-state index contributed by atoms with van der Waals surface area (Å²) in [6.07, 6.45) is 48.4. The van der Waals surface area contributed by atoms with E-state index in [1.165, 1.54) is 83.5 Å². The Hall–Kier alpha value is -2.59. The van der Waals surface area contributed by atoms with Crippen molar-refractivity contribution in [3.63, 3.8) is 0 Å². The topological polar surface area (TPSA) is 155 Å². The van der Waals surface area contributed by atoms with Crippen LogP contribution < -0.4 is 5.73 Å². The molecule has 11 heteroatoms. The molecule has 0 aromatic heterocycles. The minimum Gasteiger partial charge on any atom is -0.462 e. The summed E-state index contributed by atoms with van der Waals surface area (Å²) in [5.41, 5.74) is 5.34. The van der Waals surface area contributed by atoms with Crippen LogP contribution in [0.1, 0.15) is 174 Å². The van der Waals surface area contributed by atoms with Gasteiger partial charge in [-0.15, -0.1) is 0 Å². The summed E-state index contributed by atoms with van der Waals surface area (Å²) < 4.78 is 32.6. The minimum absolute atomic E-state index is 0.0205. The highest BCUT2D eigenvalue weighted by Crippen LogP contribution is 2.43. The predicted molar refractivity (Wildman–Crippen MR) is 239 cm³/mol. The van der Waals surface area contributed by atoms with Crippen LogP contribution in [0.4, 0.5) is 0 Å². The molecule has 0 aliphatic heterocycles. The van der Waals surface area contributed by atoms with Gasteiger partial charge in [0.15, 0.2) is 6.10 Å². The molecule has 0 aromatic carbocycles. The average molecular weight is 836 g/mol. The number of unbranched alkanes of at least 4 members (excludes halogenated alkanes) is 16. The lowest BCUT2D eigenvalue weighted by Gasteiger charge is -2.20. The third-order valence-corrected chi connectivity index (χ3v) is 10.2. The van der Waals surface area contributed by atoms with Crippen LogP contribution in [0.25, 0.3) is 0 Å². The Morgan fingerprint density at radius 3 is 1.59 bits per heavy atom. The molecule has 0 bridgehead atoms. The number of hydrogen-bond donors (Lipinski definition) is 3. The number of ether oxygens (including phenoxy) is 2. The van der Waals surface area contributed by atoms with E-state index in [1.807, 2.05) is 12.2 Å². The van der Waals surface area contributed by atoms with E-state index >= 15 is 0 Å². The van der Waals surface area contributed by atoms with Crippen molar-refractivity contribution in [3.8, 4) is 0 Å². The first-order valence-corrected chi connectivity index (χ1v) is 24.0. The molecule has 0 aliphatic rings. The SMILES string of the molecule is CC/C=C\C/C=C\C/C=C\C/C=C\C/C=C\C=C/C(O)CCC(=O)OC[C@H](COP(=O)(O)OCCN)OC(=O)CCCCCCCCCCCCCCCCCCC. The van der Waals surface area contributed by atoms with Gasteiger partial charge in [-0.3, -0.25) is 18.6 Å². The number of aliphatic hydroxyl groups excluding tert-OH is 1. The van der Waals surface area contributed by atoms with Crippen molar-refractivity contribution in [2.24, 2.45) is 5.73 Å². The molecule has 0 rings (SSSR count). The van der Waals surface area contributed by atoms with Crippen molar-refractivity contribution < 1.29 is 42.7 Å². The number of esters is 2. The fourth-order valence-electron chi connectivity index (χ4n) is 5.86. The van der Waals surface area contributed by atoms with E-state index < -0.39 is 38.6 Å². The third-order valence-electron chi connectivity index (χ3n) is 9.22. The number of carbonyl (C=O) groups is 2. The van der Waals surface area contributed by atoms with E-state index in [4.69, 9.17) is 24.3 Å². The van der Waals surface area contributed by atoms with E-state index in [1.54, 1.807) is 12.2 Å². The van der Waals surface area contributed by atoms with Crippen molar-refractivity contribution >= 4 is 19.8 Å². The Kier molecular flexibility index (Phi) is 40.6. The van der Waals surface area contributed by atoms with Crippen molar-refractivity contribution in [1.29, 1.82) is 0 Å². The monoisotopic (exact) mass is 836 g/mol. The largest absolute Gasteiger partial charge is 0.472 e. The van der Waals surface area contributed by atoms with Crippen LogP contribution in [-0.2, 0) is 32.7 Å². The Morgan fingerprint density at radius 1 is 0.603 bits per heavy atom. The molecular weight excluding hydrogens is 753 g/mol. The van der Waals surface area contributed by atoms with E-state index in [9.17, 15) is 24.2 Å². The molecule has 0 radical (unpaired) electrons. The first kappa shape index (κ1) is 55.4. The highest BCUT2D eigenvalue weighted by molar-refractivity contribution is 7.47. The number of phosphoric ester groups is 1. The van der Waals surface area contributed by atoms with Crippen LogP contribution in [-0.4, -0.2) is 60.5 Å². The van der Waals surface area contributed by atoms with Crippen molar-refractivity contribution in [2.45, 2.75) is 187 Å². The zero-order valence-electron chi connectivity index (χ0n) is 36.4. The number of nitrogens with two attached hydrogens (primary N) is 1. The van der Waals surface area contributed by atoms with Gasteiger partial charge in [-0.05, 0) is 44.9 Å². The van der Waals surface area contributed by atoms with Gasteiger partial charge in [0.1, 0.15) is 6.61 Å². The Labute approximate surface area is 353 Å². The number of allylic oxidation sites excluding steroid dienone is 11.